The molecular formula is C16H20N2O2. The van der Waals surface area contributed by atoms with Crippen LogP contribution in [0.5, 0.6) is 0 Å². The highest BCUT2D eigenvalue weighted by Gasteiger charge is 2.28. The topological polar surface area (TPSA) is 56.3 Å². The van der Waals surface area contributed by atoms with Gasteiger partial charge in [-0.15, -0.1) is 0 Å². The third-order valence-corrected chi connectivity index (χ3v) is 4.17. The average molecular weight is 272 g/mol. The Hall–Kier alpha value is -1.81. The van der Waals surface area contributed by atoms with E-state index in [-0.39, 0.29) is 5.91 Å². The summed E-state index contributed by atoms with van der Waals surface area (Å²) in [7, 11) is 0. The molecule has 4 nitrogen and oxygen atoms in total. The van der Waals surface area contributed by atoms with Crippen LogP contribution in [0, 0.1) is 0 Å². The van der Waals surface area contributed by atoms with E-state index in [1.165, 1.54) is 0 Å². The minimum absolute atomic E-state index is 0.0516. The zero-order chi connectivity index (χ0) is 14.2. The minimum Gasteiger partial charge on any atom is -0.390 e. The van der Waals surface area contributed by atoms with E-state index in [0.717, 1.165) is 23.7 Å². The molecule has 1 aromatic carbocycles. The number of nitrogens with zero attached hydrogens (tertiary/aromatic N) is 1. The lowest BCUT2D eigenvalue weighted by atomic mass is 9.98. The Morgan fingerprint density at radius 1 is 1.30 bits per heavy atom. The number of fused-ring (bicyclic) bond motifs is 1. The van der Waals surface area contributed by atoms with E-state index in [0.29, 0.717) is 25.1 Å². The third-order valence-electron chi connectivity index (χ3n) is 4.17. The fourth-order valence-electron chi connectivity index (χ4n) is 2.90. The summed E-state index contributed by atoms with van der Waals surface area (Å²) in [5.41, 5.74) is 0.968. The predicted octanol–water partition coefficient (Wildman–Crippen LogP) is 2.55. The number of para-hydroxylation sites is 1. The molecule has 0 saturated carbocycles. The van der Waals surface area contributed by atoms with Crippen molar-refractivity contribution in [2.75, 3.05) is 13.1 Å². The van der Waals surface area contributed by atoms with Crippen LogP contribution in [0.1, 0.15) is 36.5 Å². The van der Waals surface area contributed by atoms with Gasteiger partial charge in [-0.1, -0.05) is 12.1 Å². The Labute approximate surface area is 118 Å². The van der Waals surface area contributed by atoms with Gasteiger partial charge in [0.1, 0.15) is 0 Å². The zero-order valence-corrected chi connectivity index (χ0v) is 11.7. The highest BCUT2D eigenvalue weighted by molar-refractivity contribution is 6.05. The van der Waals surface area contributed by atoms with Crippen LogP contribution >= 0.6 is 0 Å². The molecule has 3 rings (SSSR count). The lowest BCUT2D eigenvalue weighted by Crippen LogP contribution is -2.33. The third kappa shape index (κ3) is 2.43. The summed E-state index contributed by atoms with van der Waals surface area (Å²) in [6, 6.07) is 7.75. The number of nitrogens with one attached hydrogen (secondary N) is 1. The lowest BCUT2D eigenvalue weighted by Gasteiger charge is -2.22. The summed E-state index contributed by atoms with van der Waals surface area (Å²) in [5.74, 6) is 0.0516. The van der Waals surface area contributed by atoms with Gasteiger partial charge in [-0.2, -0.15) is 0 Å². The first-order valence-corrected chi connectivity index (χ1v) is 7.15. The lowest BCUT2D eigenvalue weighted by molar-refractivity contribution is 0.0438. The molecule has 0 radical (unpaired) electrons. The van der Waals surface area contributed by atoms with Gasteiger partial charge in [0.15, 0.2) is 0 Å². The molecule has 4 heteroatoms. The number of amides is 1. The van der Waals surface area contributed by atoms with Crippen LogP contribution in [0.4, 0.5) is 0 Å². The molecule has 20 heavy (non-hydrogen) atoms. The van der Waals surface area contributed by atoms with Gasteiger partial charge in [0, 0.05) is 24.7 Å². The van der Waals surface area contributed by atoms with E-state index in [1.807, 2.05) is 42.3 Å². The number of H-pyrrole nitrogens is 1. The molecule has 1 amide bonds. The zero-order valence-electron chi connectivity index (χ0n) is 11.7. The fourth-order valence-corrected chi connectivity index (χ4v) is 2.90. The average Bonchev–Trinajstić information content (AvgIpc) is 2.82. The van der Waals surface area contributed by atoms with E-state index < -0.39 is 5.60 Å². The number of likely N-dealkylation sites (tertiary alicyclic amines) is 1. The number of aliphatic hydroxyl groups is 1. The van der Waals surface area contributed by atoms with Crippen molar-refractivity contribution in [3.05, 3.63) is 36.0 Å². The summed E-state index contributed by atoms with van der Waals surface area (Å²) in [6.07, 6.45) is 4.09. The summed E-state index contributed by atoms with van der Waals surface area (Å²) < 4.78 is 0. The van der Waals surface area contributed by atoms with Gasteiger partial charge in [-0.05, 0) is 38.3 Å². The summed E-state index contributed by atoms with van der Waals surface area (Å²) in [6.45, 7) is 3.18. The van der Waals surface area contributed by atoms with Crippen LogP contribution in [-0.2, 0) is 0 Å². The summed E-state index contributed by atoms with van der Waals surface area (Å²) >= 11 is 0. The van der Waals surface area contributed by atoms with E-state index in [4.69, 9.17) is 0 Å². The second-order valence-electron chi connectivity index (χ2n) is 5.89. The molecular weight excluding hydrogens is 252 g/mol. The molecule has 0 aliphatic carbocycles. The largest absolute Gasteiger partial charge is 0.390 e. The Bertz CT molecular complexity index is 630. The van der Waals surface area contributed by atoms with Gasteiger partial charge < -0.3 is 15.0 Å². The fraction of sp³-hybridized carbons (Fsp3) is 0.438. The minimum atomic E-state index is -0.645. The number of aromatic amines is 1. The van der Waals surface area contributed by atoms with Crippen LogP contribution in [0.15, 0.2) is 30.5 Å². The molecule has 2 aromatic rings. The van der Waals surface area contributed by atoms with Gasteiger partial charge in [0.05, 0.1) is 16.7 Å². The van der Waals surface area contributed by atoms with Crippen LogP contribution in [0.3, 0.4) is 0 Å². The molecule has 1 aliphatic heterocycles. The SMILES string of the molecule is CC1(O)CCCN(C(=O)c2cccc3cc[nH]c23)CC1. The summed E-state index contributed by atoms with van der Waals surface area (Å²) in [4.78, 5) is 17.7. The maximum absolute atomic E-state index is 12.7. The normalized spacial score (nSPS) is 23.8. The highest BCUT2D eigenvalue weighted by atomic mass is 16.3. The van der Waals surface area contributed by atoms with Crippen LogP contribution < -0.4 is 0 Å². The van der Waals surface area contributed by atoms with Gasteiger partial charge in [0.25, 0.3) is 5.91 Å². The smallest absolute Gasteiger partial charge is 0.255 e. The monoisotopic (exact) mass is 272 g/mol. The van der Waals surface area contributed by atoms with Gasteiger partial charge in [0.2, 0.25) is 0 Å². The van der Waals surface area contributed by atoms with Crippen molar-refractivity contribution in [3.63, 3.8) is 0 Å². The quantitative estimate of drug-likeness (QED) is 0.838. The molecule has 2 heterocycles. The van der Waals surface area contributed by atoms with Crippen LogP contribution in [0.25, 0.3) is 10.9 Å². The van der Waals surface area contributed by atoms with E-state index in [1.54, 1.807) is 0 Å². The second-order valence-corrected chi connectivity index (χ2v) is 5.89. The van der Waals surface area contributed by atoms with E-state index in [2.05, 4.69) is 4.98 Å². The van der Waals surface area contributed by atoms with Gasteiger partial charge in [-0.3, -0.25) is 4.79 Å². The highest BCUT2D eigenvalue weighted by Crippen LogP contribution is 2.24. The first-order valence-electron chi connectivity index (χ1n) is 7.15. The molecule has 1 aromatic heterocycles. The number of hydrogen-bond acceptors (Lipinski definition) is 2. The molecule has 1 unspecified atom stereocenters. The maximum Gasteiger partial charge on any atom is 0.255 e. The molecule has 2 N–H and O–H groups in total. The molecule has 0 spiro atoms. The number of carbonyl (C=O) groups excluding carboxylic acids is 1. The van der Waals surface area contributed by atoms with Crippen LogP contribution in [0.2, 0.25) is 0 Å². The molecule has 106 valence electrons. The van der Waals surface area contributed by atoms with E-state index in [9.17, 15) is 9.90 Å². The van der Waals surface area contributed by atoms with E-state index >= 15 is 0 Å². The Morgan fingerprint density at radius 2 is 2.15 bits per heavy atom. The number of hydrogen-bond donors (Lipinski definition) is 2. The van der Waals surface area contributed by atoms with Crippen molar-refractivity contribution in [3.8, 4) is 0 Å². The van der Waals surface area contributed by atoms with Crippen LogP contribution in [-0.4, -0.2) is 39.6 Å². The van der Waals surface area contributed by atoms with Gasteiger partial charge >= 0.3 is 0 Å². The molecule has 1 saturated heterocycles. The van der Waals surface area contributed by atoms with Crippen molar-refractivity contribution in [1.29, 1.82) is 0 Å². The second kappa shape index (κ2) is 4.94. The standard InChI is InChI=1S/C16H20N2O2/c1-16(20)7-3-10-18(11-8-16)15(19)13-5-2-4-12-6-9-17-14(12)13/h2,4-6,9,17,20H,3,7-8,10-11H2,1H3. The Morgan fingerprint density at radius 3 is 3.00 bits per heavy atom. The number of benzene rings is 1. The van der Waals surface area contributed by atoms with Gasteiger partial charge in [-0.25, -0.2) is 0 Å². The molecule has 1 aliphatic rings. The predicted molar refractivity (Wildman–Crippen MR) is 78.7 cm³/mol. The van der Waals surface area contributed by atoms with Crippen molar-refractivity contribution < 1.29 is 9.90 Å². The van der Waals surface area contributed by atoms with Crippen molar-refractivity contribution in [2.24, 2.45) is 0 Å². The summed E-state index contributed by atoms with van der Waals surface area (Å²) in [5, 5.41) is 11.2. The number of rotatable bonds is 1. The maximum atomic E-state index is 12.7. The molecule has 1 atom stereocenters. The van der Waals surface area contributed by atoms with Crippen molar-refractivity contribution in [2.45, 2.75) is 31.8 Å². The first-order chi connectivity index (χ1) is 9.57. The van der Waals surface area contributed by atoms with Crippen molar-refractivity contribution >= 4 is 16.8 Å². The number of carbonyl (C=O) groups is 1. The molecule has 1 fully saturated rings. The van der Waals surface area contributed by atoms with Crippen molar-refractivity contribution in [1.82, 2.24) is 9.88 Å². The first kappa shape index (κ1) is 13.2. The number of aromatic nitrogens is 1. The Kier molecular flexibility index (Phi) is 3.26. The molecule has 0 bridgehead atoms. The Balaban J connectivity index is 1.87.